The number of hydrogen-bond donors (Lipinski definition) is 1. The van der Waals surface area contributed by atoms with Crippen LogP contribution in [0, 0.1) is 29.6 Å². The molecule has 6 atom stereocenters. The van der Waals surface area contributed by atoms with E-state index in [4.69, 9.17) is 0 Å². The van der Waals surface area contributed by atoms with Crippen LogP contribution in [0.4, 0.5) is 11.4 Å². The Bertz CT molecular complexity index is 1840. The van der Waals surface area contributed by atoms with Crippen LogP contribution in [0.3, 0.4) is 0 Å². The number of hydrogen-bond acceptors (Lipinski definition) is 7. The highest BCUT2D eigenvalue weighted by atomic mass is 16.3. The number of allylic oxidation sites excluding steroid dienone is 2. The van der Waals surface area contributed by atoms with Gasteiger partial charge in [-0.2, -0.15) is 0 Å². The summed E-state index contributed by atoms with van der Waals surface area (Å²) in [6.07, 6.45) is 2.47. The average molecular weight is 603 g/mol. The first-order chi connectivity index (χ1) is 21.6. The Labute approximate surface area is 259 Å². The molecule has 2 heterocycles. The van der Waals surface area contributed by atoms with Crippen LogP contribution in [-0.4, -0.2) is 40.3 Å². The van der Waals surface area contributed by atoms with E-state index in [0.29, 0.717) is 34.5 Å². The highest BCUT2D eigenvalue weighted by Gasteiger charge is 2.62. The number of ketones is 2. The number of imide groups is 2. The summed E-state index contributed by atoms with van der Waals surface area (Å²) in [5.41, 5.74) is 3.16. The molecule has 0 spiro atoms. The molecule has 3 fully saturated rings. The molecule has 1 N–H and O–H groups in total. The normalized spacial score (nSPS) is 27.2. The molecule has 9 nitrogen and oxygen atoms in total. The zero-order valence-corrected chi connectivity index (χ0v) is 24.7. The molecular weight excluding hydrogens is 572 g/mol. The van der Waals surface area contributed by atoms with Crippen LogP contribution < -0.4 is 9.80 Å². The minimum absolute atomic E-state index is 0.0150. The Kier molecular flexibility index (Phi) is 6.65. The fourth-order valence-electron chi connectivity index (χ4n) is 7.88. The molecular formula is C36H30N2O7. The second-order valence-corrected chi connectivity index (χ2v) is 12.3. The third-order valence-corrected chi connectivity index (χ3v) is 9.94. The summed E-state index contributed by atoms with van der Waals surface area (Å²) >= 11 is 0. The Hall–Kier alpha value is -5.18. The van der Waals surface area contributed by atoms with Crippen molar-refractivity contribution in [3.05, 3.63) is 101 Å². The standard InChI is InChI=1S/C36H30N2O7/c1-18(39)20-6-10-23(11-7-20)37-33(42)27-15-14-26-28(31(27)35(37)44)17-29-32(30(26)22-4-3-5-25(41)16-22)36(45)38(34(29)43)24-12-8-21(9-13-24)19(2)40/h3-14,16,27-32,41H,15,17H2,1-2H3. The van der Waals surface area contributed by atoms with E-state index in [0.717, 1.165) is 5.57 Å². The number of carbonyl (C=O) groups excluding carboxylic acids is 6. The second-order valence-electron chi connectivity index (χ2n) is 12.3. The summed E-state index contributed by atoms with van der Waals surface area (Å²) in [7, 11) is 0. The van der Waals surface area contributed by atoms with E-state index in [-0.39, 0.29) is 47.4 Å². The van der Waals surface area contributed by atoms with Gasteiger partial charge in [0.15, 0.2) is 11.6 Å². The van der Waals surface area contributed by atoms with Gasteiger partial charge in [-0.05, 0) is 98.8 Å². The SMILES string of the molecule is CC(=O)c1ccc(N2C(=O)C3CC=C4C(CC5C(=O)N(c6ccc(C(C)=O)cc6)C(=O)C5C4c4cccc(O)c4)C3C2=O)cc1. The molecule has 3 aromatic rings. The van der Waals surface area contributed by atoms with E-state index in [1.54, 1.807) is 60.7 Å². The first kappa shape index (κ1) is 28.6. The topological polar surface area (TPSA) is 129 Å². The largest absolute Gasteiger partial charge is 0.508 e. The minimum atomic E-state index is -0.770. The second kappa shape index (κ2) is 10.5. The van der Waals surface area contributed by atoms with E-state index < -0.39 is 35.5 Å². The lowest BCUT2D eigenvalue weighted by Gasteiger charge is -2.44. The first-order valence-corrected chi connectivity index (χ1v) is 15.0. The van der Waals surface area contributed by atoms with Gasteiger partial charge >= 0.3 is 0 Å². The molecule has 2 saturated heterocycles. The maximum absolute atomic E-state index is 14.2. The van der Waals surface area contributed by atoms with Crippen molar-refractivity contribution in [1.29, 1.82) is 0 Å². The average Bonchev–Trinajstić information content (AvgIpc) is 3.43. The van der Waals surface area contributed by atoms with Crippen molar-refractivity contribution < 1.29 is 33.9 Å². The van der Waals surface area contributed by atoms with E-state index in [2.05, 4.69) is 0 Å². The van der Waals surface area contributed by atoms with Crippen molar-refractivity contribution in [1.82, 2.24) is 0 Å². The van der Waals surface area contributed by atoms with Crippen LogP contribution in [0.5, 0.6) is 5.75 Å². The summed E-state index contributed by atoms with van der Waals surface area (Å²) in [4.78, 5) is 82.1. The number of nitrogens with zero attached hydrogens (tertiary/aromatic N) is 2. The van der Waals surface area contributed by atoms with Gasteiger partial charge < -0.3 is 5.11 Å². The van der Waals surface area contributed by atoms with E-state index in [1.165, 1.54) is 29.7 Å². The third-order valence-electron chi connectivity index (χ3n) is 9.94. The summed E-state index contributed by atoms with van der Waals surface area (Å²) in [5, 5.41) is 10.4. The summed E-state index contributed by atoms with van der Waals surface area (Å²) in [6.45, 7) is 2.88. The van der Waals surface area contributed by atoms with Gasteiger partial charge in [-0.3, -0.25) is 38.6 Å². The smallest absolute Gasteiger partial charge is 0.238 e. The van der Waals surface area contributed by atoms with Crippen LogP contribution in [0.15, 0.2) is 84.4 Å². The molecule has 4 amide bonds. The van der Waals surface area contributed by atoms with Crippen LogP contribution in [0.2, 0.25) is 0 Å². The van der Waals surface area contributed by atoms with Crippen LogP contribution >= 0.6 is 0 Å². The van der Waals surface area contributed by atoms with Crippen LogP contribution in [-0.2, 0) is 19.2 Å². The van der Waals surface area contributed by atoms with Gasteiger partial charge in [-0.1, -0.05) is 23.8 Å². The summed E-state index contributed by atoms with van der Waals surface area (Å²) in [5.74, 6) is -5.65. The summed E-state index contributed by atoms with van der Waals surface area (Å²) in [6, 6.07) is 19.3. The number of aromatic hydroxyl groups is 1. The number of carbonyl (C=O) groups is 6. The molecule has 226 valence electrons. The predicted octanol–water partition coefficient (Wildman–Crippen LogP) is 4.84. The van der Waals surface area contributed by atoms with Gasteiger partial charge in [-0.15, -0.1) is 0 Å². The molecule has 7 rings (SSSR count). The lowest BCUT2D eigenvalue weighted by molar-refractivity contribution is -0.126. The number of Topliss-reactive ketones (excluding diaryl/α,β-unsaturated/α-hetero) is 2. The molecule has 3 aromatic carbocycles. The molecule has 2 aliphatic carbocycles. The number of phenolic OH excluding ortho intramolecular Hbond substituents is 1. The van der Waals surface area contributed by atoms with E-state index in [1.807, 2.05) is 12.1 Å². The van der Waals surface area contributed by atoms with Crippen molar-refractivity contribution in [2.24, 2.45) is 29.6 Å². The monoisotopic (exact) mass is 602 g/mol. The van der Waals surface area contributed by atoms with Crippen molar-refractivity contribution in [3.63, 3.8) is 0 Å². The third kappa shape index (κ3) is 4.36. The zero-order valence-electron chi connectivity index (χ0n) is 24.7. The molecule has 9 heteroatoms. The fraction of sp³-hybridized carbons (Fsp3) is 0.278. The molecule has 0 radical (unpaired) electrons. The molecule has 2 aliphatic heterocycles. The predicted molar refractivity (Wildman–Crippen MR) is 163 cm³/mol. The number of rotatable bonds is 5. The number of fused-ring (bicyclic) bond motifs is 4. The highest BCUT2D eigenvalue weighted by Crippen LogP contribution is 2.58. The maximum Gasteiger partial charge on any atom is 0.238 e. The minimum Gasteiger partial charge on any atom is -0.508 e. The van der Waals surface area contributed by atoms with E-state index >= 15 is 0 Å². The van der Waals surface area contributed by atoms with E-state index in [9.17, 15) is 33.9 Å². The molecule has 6 unspecified atom stereocenters. The Morgan fingerprint density at radius 3 is 1.73 bits per heavy atom. The van der Waals surface area contributed by atoms with Crippen molar-refractivity contribution in [2.45, 2.75) is 32.6 Å². The quantitative estimate of drug-likeness (QED) is 0.251. The van der Waals surface area contributed by atoms with Gasteiger partial charge in [0, 0.05) is 17.0 Å². The fourth-order valence-corrected chi connectivity index (χ4v) is 7.88. The molecule has 4 aliphatic rings. The van der Waals surface area contributed by atoms with Crippen LogP contribution in [0.1, 0.15) is 58.9 Å². The molecule has 45 heavy (non-hydrogen) atoms. The molecule has 0 aromatic heterocycles. The van der Waals surface area contributed by atoms with Crippen molar-refractivity contribution >= 4 is 46.6 Å². The number of benzene rings is 3. The van der Waals surface area contributed by atoms with Crippen molar-refractivity contribution in [2.75, 3.05) is 9.80 Å². The van der Waals surface area contributed by atoms with Gasteiger partial charge in [0.1, 0.15) is 5.75 Å². The highest BCUT2D eigenvalue weighted by molar-refractivity contribution is 6.24. The number of amides is 4. The Morgan fingerprint density at radius 2 is 1.20 bits per heavy atom. The summed E-state index contributed by atoms with van der Waals surface area (Å²) < 4.78 is 0. The zero-order chi connectivity index (χ0) is 31.7. The van der Waals surface area contributed by atoms with Gasteiger partial charge in [0.25, 0.3) is 0 Å². The van der Waals surface area contributed by atoms with Crippen molar-refractivity contribution in [3.8, 4) is 5.75 Å². The maximum atomic E-state index is 14.2. The Morgan fingerprint density at radius 1 is 0.667 bits per heavy atom. The lowest BCUT2D eigenvalue weighted by atomic mass is 9.57. The van der Waals surface area contributed by atoms with Crippen LogP contribution in [0.25, 0.3) is 0 Å². The lowest BCUT2D eigenvalue weighted by Crippen LogP contribution is -2.43. The molecule has 0 bridgehead atoms. The van der Waals surface area contributed by atoms with Gasteiger partial charge in [-0.25, -0.2) is 0 Å². The molecule has 1 saturated carbocycles. The first-order valence-electron chi connectivity index (χ1n) is 15.0. The Balaban J connectivity index is 1.29. The number of anilines is 2. The van der Waals surface area contributed by atoms with Gasteiger partial charge in [0.05, 0.1) is 35.0 Å². The van der Waals surface area contributed by atoms with Gasteiger partial charge in [0.2, 0.25) is 23.6 Å². The number of phenols is 1.